The zero-order valence-corrected chi connectivity index (χ0v) is 9.61. The van der Waals surface area contributed by atoms with Gasteiger partial charge in [0.25, 0.3) is 5.97 Å². The van der Waals surface area contributed by atoms with Crippen LogP contribution in [0, 0.1) is 0 Å². The van der Waals surface area contributed by atoms with Crippen LogP contribution in [0.5, 0.6) is 0 Å². The van der Waals surface area contributed by atoms with Gasteiger partial charge in [-0.1, -0.05) is 0 Å². The Kier molecular flexibility index (Phi) is 16.6. The van der Waals surface area contributed by atoms with Crippen LogP contribution < -0.4 is 0 Å². The number of hydrogen-bond acceptors (Lipinski definition) is 8. The van der Waals surface area contributed by atoms with Crippen molar-refractivity contribution >= 4 is 5.97 Å². The number of hydrogen-bond donors (Lipinski definition) is 4. The lowest BCUT2D eigenvalue weighted by Gasteiger charge is -2.17. The van der Waals surface area contributed by atoms with E-state index in [0.29, 0.717) is 5.39 Å². The van der Waals surface area contributed by atoms with Gasteiger partial charge < -0.3 is 20.4 Å². The lowest BCUT2D eigenvalue weighted by molar-refractivity contribution is -0.527. The van der Waals surface area contributed by atoms with Gasteiger partial charge in [0.1, 0.15) is 0 Å². The molecule has 0 spiro atoms. The fourth-order valence-corrected chi connectivity index (χ4v) is 0.458. The molecule has 0 aromatic rings. The highest BCUT2D eigenvalue weighted by Gasteiger charge is 2.05. The second kappa shape index (κ2) is 15.2. The first-order chi connectivity index (χ1) is 8.08. The van der Waals surface area contributed by atoms with Crippen molar-refractivity contribution in [2.24, 2.45) is 0 Å². The molecule has 0 rings (SSSR count). The summed E-state index contributed by atoms with van der Waals surface area (Å²) in [5, 5.41) is 33.3. The van der Waals surface area contributed by atoms with Gasteiger partial charge in [-0.05, 0) is 0 Å². The molecular weight excluding hydrogens is 238 g/mol. The monoisotopic (exact) mass is 257 g/mol. The molecule has 0 aliphatic rings. The van der Waals surface area contributed by atoms with Gasteiger partial charge >= 0.3 is 0 Å². The largest absolute Gasteiger partial charge is 0.481 e. The van der Waals surface area contributed by atoms with Gasteiger partial charge in [-0.3, -0.25) is 4.79 Å². The van der Waals surface area contributed by atoms with E-state index in [1.165, 1.54) is 0 Å². The van der Waals surface area contributed by atoms with Crippen LogP contribution in [0.3, 0.4) is 0 Å². The molecule has 0 fully saturated rings. The van der Waals surface area contributed by atoms with Crippen LogP contribution in [0.1, 0.15) is 6.92 Å². The molecule has 0 heterocycles. The molecule has 4 N–H and O–H groups in total. The van der Waals surface area contributed by atoms with Gasteiger partial charge in [0.05, 0.1) is 45.0 Å². The third-order valence-electron chi connectivity index (χ3n) is 0.864. The Morgan fingerprint density at radius 1 is 0.941 bits per heavy atom. The average Bonchev–Trinajstić information content (AvgIpc) is 2.27. The fourth-order valence-electron chi connectivity index (χ4n) is 0.458. The molecule has 9 heteroatoms. The minimum absolute atomic E-state index is 0.0108. The van der Waals surface area contributed by atoms with Gasteiger partial charge in [0.2, 0.25) is 0 Å². The van der Waals surface area contributed by atoms with Crippen LogP contribution >= 0.6 is 0 Å². The first kappa shape index (κ1) is 18.6. The normalized spacial score (nSPS) is 9.94. The van der Waals surface area contributed by atoms with Crippen molar-refractivity contribution in [2.75, 3.05) is 39.6 Å². The van der Waals surface area contributed by atoms with E-state index in [9.17, 15) is 0 Å². The fraction of sp³-hybridized carbons (Fsp3) is 0.875. The summed E-state index contributed by atoms with van der Waals surface area (Å²) >= 11 is 0. The van der Waals surface area contributed by atoms with E-state index in [1.807, 2.05) is 0 Å². The number of nitrogens with zero attached hydrogens (tertiary/aromatic N) is 1. The Labute approximate surface area is 98.6 Å². The van der Waals surface area contributed by atoms with E-state index >= 15 is 0 Å². The Morgan fingerprint density at radius 2 is 1.18 bits per heavy atom. The van der Waals surface area contributed by atoms with Crippen molar-refractivity contribution in [2.45, 2.75) is 6.92 Å². The summed E-state index contributed by atoms with van der Waals surface area (Å²) in [6.07, 6.45) is 0. The molecular formula is C8H19NO8. The topological polar surface area (TPSA) is 129 Å². The Bertz CT molecular complexity index is 145. The lowest BCUT2D eigenvalue weighted by Crippen LogP contribution is -2.28. The van der Waals surface area contributed by atoms with Crippen LogP contribution in [0.25, 0.3) is 0 Å². The van der Waals surface area contributed by atoms with Gasteiger partial charge in [-0.15, -0.1) is 0 Å². The average molecular weight is 257 g/mol. The molecule has 0 saturated heterocycles. The first-order valence-corrected chi connectivity index (χ1v) is 4.79. The van der Waals surface area contributed by atoms with Crippen LogP contribution in [0.15, 0.2) is 0 Å². The van der Waals surface area contributed by atoms with Crippen LogP contribution in [-0.4, -0.2) is 71.4 Å². The maximum atomic E-state index is 9.00. The van der Waals surface area contributed by atoms with Crippen molar-refractivity contribution in [3.8, 4) is 0 Å². The number of carboxylic acid groups (broad SMARTS) is 1. The van der Waals surface area contributed by atoms with E-state index in [-0.39, 0.29) is 39.6 Å². The molecule has 104 valence electrons. The second-order valence-electron chi connectivity index (χ2n) is 2.41. The van der Waals surface area contributed by atoms with Gasteiger partial charge in [0.15, 0.2) is 0 Å². The Morgan fingerprint density at radius 3 is 1.35 bits per heavy atom. The minimum Gasteiger partial charge on any atom is -0.481 e. The lowest BCUT2D eigenvalue weighted by atomic mass is 10.8. The summed E-state index contributed by atoms with van der Waals surface area (Å²) in [6, 6.07) is 0. The molecule has 0 aromatic heterocycles. The maximum Gasteiger partial charge on any atom is 0.300 e. The number of aliphatic hydroxyl groups is 3. The number of carbonyl (C=O) groups is 1. The number of rotatable bonds is 9. The molecule has 0 aliphatic heterocycles. The first-order valence-electron chi connectivity index (χ1n) is 4.79. The third-order valence-corrected chi connectivity index (χ3v) is 0.864. The quantitative estimate of drug-likeness (QED) is 0.352. The number of aliphatic carboxylic acids is 1. The Balaban J connectivity index is 0. The minimum atomic E-state index is -0.833. The molecule has 0 unspecified atom stereocenters. The molecule has 0 bridgehead atoms. The SMILES string of the molecule is CC(=O)O.OCCON(OCCO)OCCO. The maximum absolute atomic E-state index is 9.00. The number of carboxylic acids is 1. The molecule has 0 aliphatic carbocycles. The van der Waals surface area contributed by atoms with Crippen LogP contribution in [0.4, 0.5) is 0 Å². The standard InChI is InChI=1S/C6H15NO6.C2H4O2/c8-1-4-11-7(12-5-2-9)13-6-3-10;1-2(3)4/h8-10H,1-6H2;1H3,(H,3,4). The molecule has 0 radical (unpaired) electrons. The van der Waals surface area contributed by atoms with Gasteiger partial charge in [-0.2, -0.15) is 0 Å². The van der Waals surface area contributed by atoms with Crippen molar-refractivity contribution in [3.05, 3.63) is 0 Å². The molecule has 0 saturated carbocycles. The van der Waals surface area contributed by atoms with Gasteiger partial charge in [-0.25, -0.2) is 14.5 Å². The summed E-state index contributed by atoms with van der Waals surface area (Å²) in [7, 11) is 0. The molecule has 9 nitrogen and oxygen atoms in total. The summed E-state index contributed by atoms with van der Waals surface area (Å²) < 4.78 is 0. The summed E-state index contributed by atoms with van der Waals surface area (Å²) in [6.45, 7) is 0.578. The summed E-state index contributed by atoms with van der Waals surface area (Å²) in [4.78, 5) is 23.1. The molecule has 0 atom stereocenters. The third kappa shape index (κ3) is 21.1. The van der Waals surface area contributed by atoms with Crippen LogP contribution in [-0.2, 0) is 19.3 Å². The highest BCUT2D eigenvalue weighted by atomic mass is 17.2. The van der Waals surface area contributed by atoms with Crippen LogP contribution in [0.2, 0.25) is 0 Å². The van der Waals surface area contributed by atoms with E-state index in [4.69, 9.17) is 39.7 Å². The van der Waals surface area contributed by atoms with Crippen molar-refractivity contribution in [1.29, 1.82) is 0 Å². The predicted octanol–water partition coefficient (Wildman–Crippen LogP) is -1.85. The zero-order valence-electron chi connectivity index (χ0n) is 9.61. The summed E-state index contributed by atoms with van der Waals surface area (Å²) in [5.74, 6) is -0.833. The Hall–Kier alpha value is -0.810. The van der Waals surface area contributed by atoms with E-state index in [1.54, 1.807) is 0 Å². The van der Waals surface area contributed by atoms with Crippen molar-refractivity contribution in [1.82, 2.24) is 5.39 Å². The molecule has 17 heavy (non-hydrogen) atoms. The highest BCUT2D eigenvalue weighted by molar-refractivity contribution is 5.62. The molecule has 0 amide bonds. The van der Waals surface area contributed by atoms with Crippen molar-refractivity contribution in [3.63, 3.8) is 0 Å². The second-order valence-corrected chi connectivity index (χ2v) is 2.41. The number of aliphatic hydroxyl groups excluding tert-OH is 3. The smallest absolute Gasteiger partial charge is 0.300 e. The van der Waals surface area contributed by atoms with E-state index in [0.717, 1.165) is 6.92 Å². The highest BCUT2D eigenvalue weighted by Crippen LogP contribution is 1.93. The molecule has 0 aromatic carbocycles. The predicted molar refractivity (Wildman–Crippen MR) is 54.3 cm³/mol. The zero-order chi connectivity index (χ0) is 13.5. The van der Waals surface area contributed by atoms with Gasteiger partial charge in [0, 0.05) is 6.92 Å². The van der Waals surface area contributed by atoms with E-state index in [2.05, 4.69) is 0 Å². The van der Waals surface area contributed by atoms with Crippen molar-refractivity contribution < 1.29 is 39.7 Å². The summed E-state index contributed by atoms with van der Waals surface area (Å²) in [5.41, 5.74) is 0. The van der Waals surface area contributed by atoms with E-state index < -0.39 is 5.97 Å².